The second-order valence-electron chi connectivity index (χ2n) is 8.07. The lowest BCUT2D eigenvalue weighted by Crippen LogP contribution is -2.40. The van der Waals surface area contributed by atoms with Gasteiger partial charge in [0.25, 0.3) is 5.91 Å². The summed E-state index contributed by atoms with van der Waals surface area (Å²) in [6.07, 6.45) is 2.41. The highest BCUT2D eigenvalue weighted by molar-refractivity contribution is 7.18. The fraction of sp³-hybridized carbons (Fsp3) is 0.500. The highest BCUT2D eigenvalue weighted by Crippen LogP contribution is 2.35. The third kappa shape index (κ3) is 4.45. The lowest BCUT2D eigenvalue weighted by molar-refractivity contribution is -0.159. The standard InChI is InChI=1S/C22H27N5O4S/c1-5-16(20(28)25-17-10-12(2)31-26-17)30-22(29)15-6-8-27(9-7-15)19-18-13(3)14(4)32-21(18)24-11-23-19/h10-11,15-16H,5-9H2,1-4H3,(H,25,26,28)/t16-/m1/s1. The van der Waals surface area contributed by atoms with E-state index in [4.69, 9.17) is 9.26 Å². The molecule has 4 rings (SSSR count). The minimum absolute atomic E-state index is 0.245. The normalized spacial score (nSPS) is 15.7. The van der Waals surface area contributed by atoms with Crippen molar-refractivity contribution in [1.29, 1.82) is 0 Å². The van der Waals surface area contributed by atoms with Crippen molar-refractivity contribution in [2.45, 2.75) is 53.1 Å². The molecule has 1 amide bonds. The Bertz CT molecular complexity index is 1130. The largest absolute Gasteiger partial charge is 0.452 e. The van der Waals surface area contributed by atoms with Crippen molar-refractivity contribution in [3.8, 4) is 0 Å². The van der Waals surface area contributed by atoms with E-state index in [0.717, 1.165) is 16.0 Å². The first-order valence-electron chi connectivity index (χ1n) is 10.8. The van der Waals surface area contributed by atoms with Gasteiger partial charge < -0.3 is 19.5 Å². The molecule has 0 saturated carbocycles. The molecule has 10 heteroatoms. The molecule has 3 aromatic heterocycles. The summed E-state index contributed by atoms with van der Waals surface area (Å²) in [5.74, 6) is 0.843. The number of carbonyl (C=O) groups is 2. The number of hydrogen-bond acceptors (Lipinski definition) is 9. The third-order valence-electron chi connectivity index (χ3n) is 5.87. The van der Waals surface area contributed by atoms with Crippen LogP contribution in [0.4, 0.5) is 11.6 Å². The molecule has 0 aliphatic carbocycles. The Morgan fingerprint density at radius 1 is 1.28 bits per heavy atom. The zero-order valence-electron chi connectivity index (χ0n) is 18.7. The zero-order chi connectivity index (χ0) is 22.8. The average Bonchev–Trinajstić information content (AvgIpc) is 3.33. The van der Waals surface area contributed by atoms with Crippen molar-refractivity contribution in [2.24, 2.45) is 5.92 Å². The molecular weight excluding hydrogens is 430 g/mol. The maximum absolute atomic E-state index is 12.8. The molecule has 0 unspecified atom stereocenters. The molecular formula is C22H27N5O4S. The van der Waals surface area contributed by atoms with Gasteiger partial charge in [0.2, 0.25) is 0 Å². The van der Waals surface area contributed by atoms with Gasteiger partial charge in [0.15, 0.2) is 11.9 Å². The Balaban J connectivity index is 1.36. The average molecular weight is 458 g/mol. The van der Waals surface area contributed by atoms with Crippen LogP contribution < -0.4 is 10.2 Å². The first-order valence-corrected chi connectivity index (χ1v) is 11.6. The number of amides is 1. The quantitative estimate of drug-likeness (QED) is 0.557. The number of rotatable bonds is 6. The summed E-state index contributed by atoms with van der Waals surface area (Å²) in [4.78, 5) is 38.6. The van der Waals surface area contributed by atoms with Gasteiger partial charge in [0.05, 0.1) is 11.3 Å². The molecule has 3 aromatic rings. The van der Waals surface area contributed by atoms with Crippen LogP contribution in [0.2, 0.25) is 0 Å². The molecule has 1 aliphatic rings. The number of thiophene rings is 1. The third-order valence-corrected chi connectivity index (χ3v) is 6.99. The number of piperidine rings is 1. The van der Waals surface area contributed by atoms with Gasteiger partial charge in [-0.1, -0.05) is 12.1 Å². The minimum atomic E-state index is -0.865. The van der Waals surface area contributed by atoms with Crippen LogP contribution in [0.15, 0.2) is 16.9 Å². The Morgan fingerprint density at radius 2 is 2.03 bits per heavy atom. The predicted octanol–water partition coefficient (Wildman–Crippen LogP) is 3.78. The van der Waals surface area contributed by atoms with Crippen molar-refractivity contribution in [3.63, 3.8) is 0 Å². The Labute approximate surface area is 190 Å². The van der Waals surface area contributed by atoms with Crippen molar-refractivity contribution < 1.29 is 18.8 Å². The monoisotopic (exact) mass is 457 g/mol. The highest BCUT2D eigenvalue weighted by Gasteiger charge is 2.31. The van der Waals surface area contributed by atoms with Gasteiger partial charge in [-0.3, -0.25) is 9.59 Å². The van der Waals surface area contributed by atoms with E-state index in [0.29, 0.717) is 43.9 Å². The number of aromatic nitrogens is 3. The first-order chi connectivity index (χ1) is 15.4. The van der Waals surface area contributed by atoms with Crippen LogP contribution in [0, 0.1) is 26.7 Å². The molecule has 9 nitrogen and oxygen atoms in total. The summed E-state index contributed by atoms with van der Waals surface area (Å²) < 4.78 is 10.5. The maximum Gasteiger partial charge on any atom is 0.309 e. The zero-order valence-corrected chi connectivity index (χ0v) is 19.5. The minimum Gasteiger partial charge on any atom is -0.452 e. The van der Waals surface area contributed by atoms with E-state index in [1.807, 2.05) is 0 Å². The van der Waals surface area contributed by atoms with Crippen LogP contribution >= 0.6 is 11.3 Å². The van der Waals surface area contributed by atoms with Gasteiger partial charge in [-0.2, -0.15) is 0 Å². The van der Waals surface area contributed by atoms with Crippen molar-refractivity contribution in [2.75, 3.05) is 23.3 Å². The highest BCUT2D eigenvalue weighted by atomic mass is 32.1. The van der Waals surface area contributed by atoms with E-state index in [9.17, 15) is 9.59 Å². The number of esters is 1. The van der Waals surface area contributed by atoms with Gasteiger partial charge in [-0.05, 0) is 45.6 Å². The molecule has 0 bridgehead atoms. The number of nitrogens with zero attached hydrogens (tertiary/aromatic N) is 4. The molecule has 0 spiro atoms. The molecule has 170 valence electrons. The topological polar surface area (TPSA) is 110 Å². The van der Waals surface area contributed by atoms with Crippen LogP contribution in [-0.2, 0) is 14.3 Å². The van der Waals surface area contributed by atoms with Crippen LogP contribution in [0.25, 0.3) is 10.2 Å². The summed E-state index contributed by atoms with van der Waals surface area (Å²) >= 11 is 1.68. The van der Waals surface area contributed by atoms with Crippen LogP contribution in [0.5, 0.6) is 0 Å². The fourth-order valence-corrected chi connectivity index (χ4v) is 4.91. The molecule has 1 aliphatic heterocycles. The molecule has 0 aromatic carbocycles. The van der Waals surface area contributed by atoms with E-state index >= 15 is 0 Å². The smallest absolute Gasteiger partial charge is 0.309 e. The van der Waals surface area contributed by atoms with Gasteiger partial charge in [-0.15, -0.1) is 11.3 Å². The Morgan fingerprint density at radius 3 is 2.69 bits per heavy atom. The summed E-state index contributed by atoms with van der Waals surface area (Å²) in [6.45, 7) is 9.13. The first kappa shape index (κ1) is 22.2. The lowest BCUT2D eigenvalue weighted by atomic mass is 9.96. The van der Waals surface area contributed by atoms with Gasteiger partial charge in [-0.25, -0.2) is 9.97 Å². The van der Waals surface area contributed by atoms with Crippen LogP contribution in [0.3, 0.4) is 0 Å². The van der Waals surface area contributed by atoms with E-state index < -0.39 is 12.0 Å². The number of nitrogens with one attached hydrogen (secondary N) is 1. The van der Waals surface area contributed by atoms with E-state index in [-0.39, 0.29) is 11.9 Å². The summed E-state index contributed by atoms with van der Waals surface area (Å²) in [5.41, 5.74) is 1.21. The van der Waals surface area contributed by atoms with Gasteiger partial charge in [0, 0.05) is 24.0 Å². The molecule has 32 heavy (non-hydrogen) atoms. The van der Waals surface area contributed by atoms with Gasteiger partial charge in [0.1, 0.15) is 22.7 Å². The summed E-state index contributed by atoms with van der Waals surface area (Å²) in [6, 6.07) is 1.61. The van der Waals surface area contributed by atoms with E-state index in [1.165, 1.54) is 10.4 Å². The van der Waals surface area contributed by atoms with Crippen LogP contribution in [-0.4, -0.2) is 46.2 Å². The SMILES string of the molecule is CC[C@@H](OC(=O)C1CCN(c2ncnc3sc(C)c(C)c23)CC1)C(=O)Nc1cc(C)on1. The molecule has 1 N–H and O–H groups in total. The number of ether oxygens (including phenoxy) is 1. The van der Waals surface area contributed by atoms with Gasteiger partial charge >= 0.3 is 5.97 Å². The number of hydrogen-bond donors (Lipinski definition) is 1. The molecule has 0 radical (unpaired) electrons. The lowest BCUT2D eigenvalue weighted by Gasteiger charge is -2.32. The number of carbonyl (C=O) groups excluding carboxylic acids is 2. The van der Waals surface area contributed by atoms with E-state index in [1.54, 1.807) is 37.6 Å². The molecule has 4 heterocycles. The summed E-state index contributed by atoms with van der Waals surface area (Å²) in [5, 5.41) is 7.48. The second kappa shape index (κ2) is 9.23. The second-order valence-corrected chi connectivity index (χ2v) is 9.27. The molecule has 1 atom stereocenters. The molecule has 1 fully saturated rings. The fourth-order valence-electron chi connectivity index (χ4n) is 3.92. The maximum atomic E-state index is 12.8. The van der Waals surface area contributed by atoms with Crippen molar-refractivity contribution >= 4 is 45.1 Å². The van der Waals surface area contributed by atoms with Crippen molar-refractivity contribution in [1.82, 2.24) is 15.1 Å². The van der Waals surface area contributed by atoms with Crippen LogP contribution in [0.1, 0.15) is 42.4 Å². The Kier molecular flexibility index (Phi) is 6.40. The number of anilines is 2. The predicted molar refractivity (Wildman–Crippen MR) is 122 cm³/mol. The number of fused-ring (bicyclic) bond motifs is 1. The Hall–Kier alpha value is -3.01. The summed E-state index contributed by atoms with van der Waals surface area (Å²) in [7, 11) is 0. The van der Waals surface area contributed by atoms with Crippen molar-refractivity contribution in [3.05, 3.63) is 28.6 Å². The van der Waals surface area contributed by atoms with E-state index in [2.05, 4.69) is 39.2 Å². The molecule has 1 saturated heterocycles. The number of aryl methyl sites for hydroxylation is 3.